The Kier molecular flexibility index (Phi) is 3.78. The van der Waals surface area contributed by atoms with E-state index in [1.165, 1.54) is 25.7 Å². The van der Waals surface area contributed by atoms with Gasteiger partial charge in [0.25, 0.3) is 0 Å². The van der Waals surface area contributed by atoms with Gasteiger partial charge >= 0.3 is 0 Å². The van der Waals surface area contributed by atoms with Crippen molar-refractivity contribution in [1.29, 1.82) is 0 Å². The van der Waals surface area contributed by atoms with Crippen LogP contribution in [-0.4, -0.2) is 12.2 Å². The molecule has 1 nitrogen and oxygen atoms in total. The van der Waals surface area contributed by atoms with Crippen LogP contribution in [0.2, 0.25) is 0 Å². The van der Waals surface area contributed by atoms with Crippen LogP contribution in [0.25, 0.3) is 0 Å². The number of hydrogen-bond donors (Lipinski definition) is 0. The largest absolute Gasteiger partial charge is 0.370 e. The van der Waals surface area contributed by atoms with Crippen LogP contribution in [0.15, 0.2) is 0 Å². The van der Waals surface area contributed by atoms with Gasteiger partial charge in [-0.25, -0.2) is 0 Å². The van der Waals surface area contributed by atoms with Gasteiger partial charge in [0, 0.05) is 0 Å². The van der Waals surface area contributed by atoms with Crippen molar-refractivity contribution in [2.75, 3.05) is 6.61 Å². The first kappa shape index (κ1) is 11.0. The van der Waals surface area contributed by atoms with E-state index in [0.717, 1.165) is 18.4 Å². The summed E-state index contributed by atoms with van der Waals surface area (Å²) >= 11 is 0. The molecule has 0 radical (unpaired) electrons. The first-order valence-electron chi connectivity index (χ1n) is 5.66. The molecule has 0 spiro atoms. The van der Waals surface area contributed by atoms with E-state index < -0.39 is 0 Å². The monoisotopic (exact) mass is 184 g/mol. The Morgan fingerprint density at radius 1 is 1.31 bits per heavy atom. The molecule has 1 saturated heterocycles. The molecule has 0 N–H and O–H groups in total. The van der Waals surface area contributed by atoms with Crippen molar-refractivity contribution >= 4 is 0 Å². The van der Waals surface area contributed by atoms with Crippen molar-refractivity contribution in [3.05, 3.63) is 0 Å². The molecule has 2 unspecified atom stereocenters. The number of rotatable bonds is 6. The fourth-order valence-corrected chi connectivity index (χ4v) is 2.01. The zero-order valence-corrected chi connectivity index (χ0v) is 9.60. The molecule has 13 heavy (non-hydrogen) atoms. The number of epoxide rings is 1. The molecule has 0 aromatic rings. The van der Waals surface area contributed by atoms with E-state index >= 15 is 0 Å². The average molecular weight is 184 g/mol. The standard InChI is InChI=1S/C12H24O/c1-10(2)8-11(3)6-5-7-12(4)9-13-12/h10-11H,5-9H2,1-4H3. The van der Waals surface area contributed by atoms with E-state index in [1.807, 2.05) is 0 Å². The van der Waals surface area contributed by atoms with Crippen molar-refractivity contribution in [3.63, 3.8) is 0 Å². The molecular weight excluding hydrogens is 160 g/mol. The fraction of sp³-hybridized carbons (Fsp3) is 1.00. The zero-order chi connectivity index (χ0) is 9.90. The van der Waals surface area contributed by atoms with Gasteiger partial charge in [0.2, 0.25) is 0 Å². The molecule has 0 amide bonds. The predicted molar refractivity (Wildman–Crippen MR) is 56.8 cm³/mol. The summed E-state index contributed by atoms with van der Waals surface area (Å²) in [4.78, 5) is 0. The minimum atomic E-state index is 0.275. The van der Waals surface area contributed by atoms with Gasteiger partial charge in [-0.05, 0) is 31.6 Å². The summed E-state index contributed by atoms with van der Waals surface area (Å²) < 4.78 is 5.36. The third kappa shape index (κ3) is 4.66. The van der Waals surface area contributed by atoms with Crippen LogP contribution in [0.4, 0.5) is 0 Å². The molecule has 78 valence electrons. The molecule has 1 fully saturated rings. The third-order valence-corrected chi connectivity index (χ3v) is 2.91. The maximum Gasteiger partial charge on any atom is 0.0888 e. The molecule has 0 saturated carbocycles. The molecule has 0 aromatic carbocycles. The summed E-state index contributed by atoms with van der Waals surface area (Å²) in [5.74, 6) is 1.74. The lowest BCUT2D eigenvalue weighted by molar-refractivity contribution is 0.292. The summed E-state index contributed by atoms with van der Waals surface area (Å²) in [6, 6.07) is 0. The van der Waals surface area contributed by atoms with Crippen LogP contribution in [0.1, 0.15) is 53.4 Å². The van der Waals surface area contributed by atoms with Crippen LogP contribution in [0, 0.1) is 11.8 Å². The van der Waals surface area contributed by atoms with Gasteiger partial charge in [-0.3, -0.25) is 0 Å². The molecule has 2 atom stereocenters. The van der Waals surface area contributed by atoms with Crippen LogP contribution < -0.4 is 0 Å². The smallest absolute Gasteiger partial charge is 0.0888 e. The minimum absolute atomic E-state index is 0.275. The normalized spacial score (nSPS) is 29.3. The Hall–Kier alpha value is -0.0400. The molecule has 1 rings (SSSR count). The molecule has 0 bridgehead atoms. The van der Waals surface area contributed by atoms with Gasteiger partial charge in [0.05, 0.1) is 12.2 Å². The summed E-state index contributed by atoms with van der Waals surface area (Å²) in [5.41, 5.74) is 0.275. The highest BCUT2D eigenvalue weighted by Gasteiger charge is 2.38. The van der Waals surface area contributed by atoms with Gasteiger partial charge in [-0.1, -0.05) is 33.6 Å². The second kappa shape index (κ2) is 4.45. The predicted octanol–water partition coefficient (Wildman–Crippen LogP) is 3.63. The summed E-state index contributed by atoms with van der Waals surface area (Å²) in [5, 5.41) is 0. The zero-order valence-electron chi connectivity index (χ0n) is 9.60. The first-order chi connectivity index (χ1) is 6.02. The second-order valence-electron chi connectivity index (χ2n) is 5.37. The molecule has 0 aliphatic carbocycles. The highest BCUT2D eigenvalue weighted by Crippen LogP contribution is 2.32. The van der Waals surface area contributed by atoms with Crippen molar-refractivity contribution in [2.24, 2.45) is 11.8 Å². The summed E-state index contributed by atoms with van der Waals surface area (Å²) in [7, 11) is 0. The van der Waals surface area contributed by atoms with Gasteiger partial charge in [0.15, 0.2) is 0 Å². The Bertz CT molecular complexity index is 147. The lowest BCUT2D eigenvalue weighted by Gasteiger charge is -2.14. The van der Waals surface area contributed by atoms with Crippen LogP contribution in [0.5, 0.6) is 0 Å². The van der Waals surface area contributed by atoms with Crippen LogP contribution in [0.3, 0.4) is 0 Å². The number of hydrogen-bond acceptors (Lipinski definition) is 1. The minimum Gasteiger partial charge on any atom is -0.370 e. The molecule has 1 aliphatic rings. The van der Waals surface area contributed by atoms with Crippen molar-refractivity contribution < 1.29 is 4.74 Å². The van der Waals surface area contributed by atoms with Crippen LogP contribution >= 0.6 is 0 Å². The Morgan fingerprint density at radius 2 is 1.92 bits per heavy atom. The molecule has 1 heterocycles. The SMILES string of the molecule is CC(C)CC(C)CCCC1(C)CO1. The van der Waals surface area contributed by atoms with E-state index in [4.69, 9.17) is 4.74 Å². The summed E-state index contributed by atoms with van der Waals surface area (Å²) in [6.45, 7) is 10.2. The summed E-state index contributed by atoms with van der Waals surface area (Å²) in [6.07, 6.45) is 5.34. The van der Waals surface area contributed by atoms with E-state index in [2.05, 4.69) is 27.7 Å². The maximum absolute atomic E-state index is 5.36. The van der Waals surface area contributed by atoms with Crippen LogP contribution in [-0.2, 0) is 4.74 Å². The van der Waals surface area contributed by atoms with Crippen molar-refractivity contribution in [3.8, 4) is 0 Å². The lowest BCUT2D eigenvalue weighted by Crippen LogP contribution is -2.06. The van der Waals surface area contributed by atoms with Gasteiger partial charge in [-0.2, -0.15) is 0 Å². The average Bonchev–Trinajstić information content (AvgIpc) is 2.66. The fourth-order valence-electron chi connectivity index (χ4n) is 2.01. The molecule has 1 heteroatoms. The molecular formula is C12H24O. The Labute approximate surface area is 82.9 Å². The Balaban J connectivity index is 1.98. The van der Waals surface area contributed by atoms with E-state index in [9.17, 15) is 0 Å². The lowest BCUT2D eigenvalue weighted by atomic mass is 9.92. The van der Waals surface area contributed by atoms with Crippen molar-refractivity contribution in [2.45, 2.75) is 59.0 Å². The van der Waals surface area contributed by atoms with Gasteiger partial charge in [-0.15, -0.1) is 0 Å². The van der Waals surface area contributed by atoms with Gasteiger partial charge < -0.3 is 4.74 Å². The van der Waals surface area contributed by atoms with Crippen molar-refractivity contribution in [1.82, 2.24) is 0 Å². The Morgan fingerprint density at radius 3 is 2.38 bits per heavy atom. The molecule has 1 aliphatic heterocycles. The van der Waals surface area contributed by atoms with E-state index in [1.54, 1.807) is 0 Å². The first-order valence-corrected chi connectivity index (χ1v) is 5.66. The van der Waals surface area contributed by atoms with Gasteiger partial charge in [0.1, 0.15) is 0 Å². The van der Waals surface area contributed by atoms with E-state index in [-0.39, 0.29) is 5.60 Å². The quantitative estimate of drug-likeness (QED) is 0.574. The molecule has 0 aromatic heterocycles. The topological polar surface area (TPSA) is 12.5 Å². The van der Waals surface area contributed by atoms with E-state index in [0.29, 0.717) is 0 Å². The highest BCUT2D eigenvalue weighted by molar-refractivity contribution is 4.86. The second-order valence-corrected chi connectivity index (χ2v) is 5.37. The number of ether oxygens (including phenoxy) is 1. The third-order valence-electron chi connectivity index (χ3n) is 2.91. The maximum atomic E-state index is 5.36. The highest BCUT2D eigenvalue weighted by atomic mass is 16.6.